The molecule has 0 bridgehead atoms. The molecule has 0 spiro atoms. The molecule has 20 heavy (non-hydrogen) atoms. The van der Waals surface area contributed by atoms with Crippen LogP contribution in [0, 0.1) is 11.6 Å². The Morgan fingerprint density at radius 3 is 2.45 bits per heavy atom. The molecule has 0 atom stereocenters. The molecule has 1 aromatic carbocycles. The number of aromatic nitrogens is 1. The zero-order chi connectivity index (χ0) is 14.5. The van der Waals surface area contributed by atoms with E-state index in [2.05, 4.69) is 15.6 Å². The van der Waals surface area contributed by atoms with Gasteiger partial charge in [0.05, 0.1) is 11.9 Å². The number of carbonyl (C=O) groups excluding carboxylic acids is 1. The minimum atomic E-state index is -0.699. The number of rotatable bonds is 4. The molecule has 0 aliphatic heterocycles. The van der Waals surface area contributed by atoms with Crippen molar-refractivity contribution in [3.8, 4) is 0 Å². The number of hydrogen-bond acceptors (Lipinski definition) is 3. The maximum Gasteiger partial charge on any atom is 0.224 e. The second-order valence-electron chi connectivity index (χ2n) is 4.06. The fraction of sp³-hybridized carbons (Fsp3) is 0.143. The first kappa shape index (κ1) is 13.9. The van der Waals surface area contributed by atoms with Crippen LogP contribution in [0.2, 0.25) is 0 Å². The fourth-order valence-electron chi connectivity index (χ4n) is 1.54. The van der Waals surface area contributed by atoms with E-state index in [0.717, 1.165) is 12.1 Å². The molecule has 0 radical (unpaired) electrons. The summed E-state index contributed by atoms with van der Waals surface area (Å²) in [6.45, 7) is 1.74. The summed E-state index contributed by atoms with van der Waals surface area (Å²) in [6.07, 6.45) is 1.77. The minimum absolute atomic E-state index is 0.132. The molecular weight excluding hydrogens is 264 g/mol. The molecule has 4 nitrogen and oxygen atoms in total. The number of hydrogen-bond donors (Lipinski definition) is 2. The van der Waals surface area contributed by atoms with E-state index < -0.39 is 11.6 Å². The van der Waals surface area contributed by atoms with Gasteiger partial charge in [-0.3, -0.25) is 4.79 Å². The molecule has 6 heteroatoms. The molecule has 2 rings (SSSR count). The molecule has 0 saturated heterocycles. The summed E-state index contributed by atoms with van der Waals surface area (Å²) in [5.41, 5.74) is 0.266. The lowest BCUT2D eigenvalue weighted by Gasteiger charge is -2.09. The van der Waals surface area contributed by atoms with Gasteiger partial charge in [0.2, 0.25) is 5.91 Å². The minimum Gasteiger partial charge on any atom is -0.335 e. The van der Waals surface area contributed by atoms with Crippen molar-refractivity contribution in [2.75, 3.05) is 10.6 Å². The lowest BCUT2D eigenvalue weighted by Crippen LogP contribution is -2.09. The number of benzene rings is 1. The van der Waals surface area contributed by atoms with Crippen LogP contribution in [-0.4, -0.2) is 10.9 Å². The molecule has 0 saturated carbocycles. The summed E-state index contributed by atoms with van der Waals surface area (Å²) in [6, 6.07) is 6.72. The number of nitrogens with zero attached hydrogens (tertiary/aromatic N) is 1. The Balaban J connectivity index is 2.13. The van der Waals surface area contributed by atoms with Gasteiger partial charge in [-0.25, -0.2) is 13.8 Å². The summed E-state index contributed by atoms with van der Waals surface area (Å²) in [7, 11) is 0. The van der Waals surface area contributed by atoms with Crippen LogP contribution in [0.1, 0.15) is 13.3 Å². The van der Waals surface area contributed by atoms with Gasteiger partial charge < -0.3 is 10.6 Å². The fourth-order valence-corrected chi connectivity index (χ4v) is 1.54. The normalized spacial score (nSPS) is 10.2. The van der Waals surface area contributed by atoms with Gasteiger partial charge in [-0.05, 0) is 24.3 Å². The number of carbonyl (C=O) groups is 1. The average Bonchev–Trinajstić information content (AvgIpc) is 2.44. The molecule has 0 aliphatic carbocycles. The van der Waals surface area contributed by atoms with Crippen molar-refractivity contribution in [1.82, 2.24) is 4.98 Å². The van der Waals surface area contributed by atoms with E-state index in [9.17, 15) is 13.6 Å². The van der Waals surface area contributed by atoms with Crippen molar-refractivity contribution < 1.29 is 13.6 Å². The Bertz CT molecular complexity index is 594. The first-order valence-corrected chi connectivity index (χ1v) is 6.07. The number of para-hydroxylation sites is 1. The Labute approximate surface area is 114 Å². The summed E-state index contributed by atoms with van der Waals surface area (Å²) >= 11 is 0. The summed E-state index contributed by atoms with van der Waals surface area (Å²) in [5, 5.41) is 5.19. The van der Waals surface area contributed by atoms with E-state index in [-0.39, 0.29) is 17.4 Å². The lowest BCUT2D eigenvalue weighted by molar-refractivity contribution is -0.115. The van der Waals surface area contributed by atoms with Crippen LogP contribution in [0.4, 0.5) is 26.0 Å². The first-order valence-electron chi connectivity index (χ1n) is 6.07. The molecule has 0 fully saturated rings. The first-order chi connectivity index (χ1) is 9.60. The molecule has 2 aromatic rings. The smallest absolute Gasteiger partial charge is 0.224 e. The summed E-state index contributed by atoms with van der Waals surface area (Å²) < 4.78 is 26.9. The maximum atomic E-state index is 13.4. The number of nitrogens with one attached hydrogen (secondary N) is 2. The van der Waals surface area contributed by atoms with E-state index in [1.807, 2.05) is 0 Å². The molecule has 0 aliphatic rings. The largest absolute Gasteiger partial charge is 0.335 e. The standard InChI is InChI=1S/C14H13F2N3O/c1-2-13(20)18-9-6-7-12(17-8-9)19-14-10(15)4-3-5-11(14)16/h3-8H,2H2,1H3,(H,17,19)(H,18,20). The topological polar surface area (TPSA) is 54.0 Å². The number of halogens is 2. The van der Waals surface area contributed by atoms with Crippen molar-refractivity contribution in [2.24, 2.45) is 0 Å². The van der Waals surface area contributed by atoms with Crippen LogP contribution in [0.5, 0.6) is 0 Å². The van der Waals surface area contributed by atoms with Gasteiger partial charge in [-0.15, -0.1) is 0 Å². The van der Waals surface area contributed by atoms with Crippen LogP contribution in [0.15, 0.2) is 36.5 Å². The molecular formula is C14H13F2N3O. The zero-order valence-corrected chi connectivity index (χ0v) is 10.8. The van der Waals surface area contributed by atoms with Gasteiger partial charge in [0, 0.05) is 6.42 Å². The van der Waals surface area contributed by atoms with Crippen LogP contribution in [0.3, 0.4) is 0 Å². The summed E-state index contributed by atoms with van der Waals surface area (Å²) in [4.78, 5) is 15.2. The van der Waals surface area contributed by atoms with Crippen molar-refractivity contribution in [1.29, 1.82) is 0 Å². The molecule has 2 N–H and O–H groups in total. The summed E-state index contributed by atoms with van der Waals surface area (Å²) in [5.74, 6) is -1.25. The second-order valence-corrected chi connectivity index (χ2v) is 4.06. The lowest BCUT2D eigenvalue weighted by atomic mass is 10.3. The van der Waals surface area contributed by atoms with E-state index in [1.54, 1.807) is 13.0 Å². The third kappa shape index (κ3) is 3.28. The number of amides is 1. The van der Waals surface area contributed by atoms with Crippen molar-refractivity contribution in [3.05, 3.63) is 48.2 Å². The Hall–Kier alpha value is -2.50. The van der Waals surface area contributed by atoms with Crippen LogP contribution < -0.4 is 10.6 Å². The van der Waals surface area contributed by atoms with E-state index in [0.29, 0.717) is 12.1 Å². The van der Waals surface area contributed by atoms with Crippen molar-refractivity contribution in [2.45, 2.75) is 13.3 Å². The molecule has 1 heterocycles. The SMILES string of the molecule is CCC(=O)Nc1ccc(Nc2c(F)cccc2F)nc1. The van der Waals surface area contributed by atoms with Gasteiger partial charge in [0.1, 0.15) is 23.1 Å². The van der Waals surface area contributed by atoms with Crippen LogP contribution in [-0.2, 0) is 4.79 Å². The van der Waals surface area contributed by atoms with E-state index in [4.69, 9.17) is 0 Å². The zero-order valence-electron chi connectivity index (χ0n) is 10.8. The second kappa shape index (κ2) is 6.10. The Morgan fingerprint density at radius 2 is 1.90 bits per heavy atom. The number of anilines is 3. The quantitative estimate of drug-likeness (QED) is 0.900. The predicted octanol–water partition coefficient (Wildman–Crippen LogP) is 3.45. The van der Waals surface area contributed by atoms with Crippen LogP contribution >= 0.6 is 0 Å². The molecule has 104 valence electrons. The monoisotopic (exact) mass is 277 g/mol. The predicted molar refractivity (Wildman–Crippen MR) is 72.8 cm³/mol. The molecule has 0 unspecified atom stereocenters. The van der Waals surface area contributed by atoms with Gasteiger partial charge >= 0.3 is 0 Å². The third-order valence-electron chi connectivity index (χ3n) is 2.58. The Morgan fingerprint density at radius 1 is 1.20 bits per heavy atom. The average molecular weight is 277 g/mol. The highest BCUT2D eigenvalue weighted by Crippen LogP contribution is 2.22. The van der Waals surface area contributed by atoms with E-state index >= 15 is 0 Å². The highest BCUT2D eigenvalue weighted by Gasteiger charge is 2.09. The van der Waals surface area contributed by atoms with Crippen LogP contribution in [0.25, 0.3) is 0 Å². The van der Waals surface area contributed by atoms with Gasteiger partial charge in [-0.2, -0.15) is 0 Å². The van der Waals surface area contributed by atoms with Gasteiger partial charge in [0.15, 0.2) is 0 Å². The van der Waals surface area contributed by atoms with E-state index in [1.165, 1.54) is 18.3 Å². The van der Waals surface area contributed by atoms with Crippen molar-refractivity contribution in [3.63, 3.8) is 0 Å². The highest BCUT2D eigenvalue weighted by molar-refractivity contribution is 5.90. The Kier molecular flexibility index (Phi) is 4.24. The van der Waals surface area contributed by atoms with Gasteiger partial charge in [-0.1, -0.05) is 13.0 Å². The molecule has 1 aromatic heterocycles. The van der Waals surface area contributed by atoms with Gasteiger partial charge in [0.25, 0.3) is 0 Å². The number of pyridine rings is 1. The van der Waals surface area contributed by atoms with Crippen molar-refractivity contribution >= 4 is 23.1 Å². The third-order valence-corrected chi connectivity index (χ3v) is 2.58. The highest BCUT2D eigenvalue weighted by atomic mass is 19.1. The molecule has 1 amide bonds. The maximum absolute atomic E-state index is 13.4.